The summed E-state index contributed by atoms with van der Waals surface area (Å²) in [5.41, 5.74) is 1.35. The molecule has 0 heterocycles. The Bertz CT molecular complexity index is 1050. The SMILES string of the molecule is CC(=O)Oc1cccc(C(=O)Nc2cccc(NC(=O)COc3ccccc3)c2)c1. The van der Waals surface area contributed by atoms with Gasteiger partial charge < -0.3 is 20.1 Å². The molecule has 0 atom stereocenters. The first-order valence-electron chi connectivity index (χ1n) is 9.17. The zero-order valence-corrected chi connectivity index (χ0v) is 16.3. The molecule has 30 heavy (non-hydrogen) atoms. The molecule has 0 aliphatic carbocycles. The molecule has 152 valence electrons. The van der Waals surface area contributed by atoms with Gasteiger partial charge in [-0.1, -0.05) is 30.3 Å². The van der Waals surface area contributed by atoms with Crippen LogP contribution in [0.25, 0.3) is 0 Å². The number of anilines is 2. The van der Waals surface area contributed by atoms with E-state index in [1.807, 2.05) is 18.2 Å². The third-order valence-electron chi connectivity index (χ3n) is 3.88. The van der Waals surface area contributed by atoms with Crippen LogP contribution in [0, 0.1) is 0 Å². The summed E-state index contributed by atoms with van der Waals surface area (Å²) in [5.74, 6) is -0.275. The first kappa shape index (κ1) is 20.6. The minimum Gasteiger partial charge on any atom is -0.484 e. The van der Waals surface area contributed by atoms with Gasteiger partial charge in [-0.15, -0.1) is 0 Å². The van der Waals surface area contributed by atoms with Crippen molar-refractivity contribution in [3.63, 3.8) is 0 Å². The Morgan fingerprint density at radius 3 is 2.17 bits per heavy atom. The Labute approximate surface area is 173 Å². The zero-order valence-electron chi connectivity index (χ0n) is 16.3. The van der Waals surface area contributed by atoms with Gasteiger partial charge in [0, 0.05) is 23.9 Å². The van der Waals surface area contributed by atoms with Crippen molar-refractivity contribution in [2.75, 3.05) is 17.2 Å². The van der Waals surface area contributed by atoms with E-state index in [9.17, 15) is 14.4 Å². The lowest BCUT2D eigenvalue weighted by Gasteiger charge is -2.10. The zero-order chi connectivity index (χ0) is 21.3. The fourth-order valence-corrected chi connectivity index (χ4v) is 2.61. The van der Waals surface area contributed by atoms with Crippen molar-refractivity contribution in [3.05, 3.63) is 84.4 Å². The number of hydrogen-bond acceptors (Lipinski definition) is 5. The second-order valence-electron chi connectivity index (χ2n) is 6.31. The van der Waals surface area contributed by atoms with E-state index < -0.39 is 5.97 Å². The number of rotatable bonds is 7. The van der Waals surface area contributed by atoms with Gasteiger partial charge in [0.05, 0.1) is 0 Å². The quantitative estimate of drug-likeness (QED) is 0.460. The molecular weight excluding hydrogens is 384 g/mol. The highest BCUT2D eigenvalue weighted by molar-refractivity contribution is 6.05. The number of carbonyl (C=O) groups excluding carboxylic acids is 3. The van der Waals surface area contributed by atoms with Crippen molar-refractivity contribution in [1.82, 2.24) is 0 Å². The van der Waals surface area contributed by atoms with Crippen LogP contribution in [0.3, 0.4) is 0 Å². The summed E-state index contributed by atoms with van der Waals surface area (Å²) in [6.45, 7) is 1.15. The highest BCUT2D eigenvalue weighted by Gasteiger charge is 2.10. The fraction of sp³-hybridized carbons (Fsp3) is 0.0870. The minimum absolute atomic E-state index is 0.135. The van der Waals surface area contributed by atoms with Gasteiger partial charge in [-0.05, 0) is 48.5 Å². The van der Waals surface area contributed by atoms with Crippen LogP contribution in [0.2, 0.25) is 0 Å². The number of benzene rings is 3. The van der Waals surface area contributed by atoms with Crippen molar-refractivity contribution < 1.29 is 23.9 Å². The van der Waals surface area contributed by atoms with Crippen LogP contribution in [0.4, 0.5) is 11.4 Å². The summed E-state index contributed by atoms with van der Waals surface area (Å²) >= 11 is 0. The van der Waals surface area contributed by atoms with Crippen molar-refractivity contribution in [2.24, 2.45) is 0 Å². The average Bonchev–Trinajstić information content (AvgIpc) is 2.73. The normalized spacial score (nSPS) is 10.0. The minimum atomic E-state index is -0.466. The third kappa shape index (κ3) is 6.20. The predicted molar refractivity (Wildman–Crippen MR) is 113 cm³/mol. The van der Waals surface area contributed by atoms with Gasteiger partial charge in [0.2, 0.25) is 0 Å². The number of esters is 1. The maximum absolute atomic E-state index is 12.5. The van der Waals surface area contributed by atoms with E-state index in [0.717, 1.165) is 0 Å². The summed E-state index contributed by atoms with van der Waals surface area (Å²) in [6.07, 6.45) is 0. The van der Waals surface area contributed by atoms with Crippen LogP contribution in [-0.2, 0) is 9.59 Å². The molecule has 0 aliphatic heterocycles. The van der Waals surface area contributed by atoms with Crippen LogP contribution < -0.4 is 20.1 Å². The molecule has 3 rings (SSSR count). The van der Waals surface area contributed by atoms with E-state index in [4.69, 9.17) is 9.47 Å². The molecule has 7 heteroatoms. The molecule has 0 unspecified atom stereocenters. The number of para-hydroxylation sites is 1. The highest BCUT2D eigenvalue weighted by Crippen LogP contribution is 2.18. The Kier molecular flexibility index (Phi) is 6.78. The third-order valence-corrected chi connectivity index (χ3v) is 3.88. The lowest BCUT2D eigenvalue weighted by Crippen LogP contribution is -2.20. The predicted octanol–water partition coefficient (Wildman–Crippen LogP) is 3.88. The van der Waals surface area contributed by atoms with Crippen molar-refractivity contribution >= 4 is 29.2 Å². The molecule has 0 saturated carbocycles. The monoisotopic (exact) mass is 404 g/mol. The highest BCUT2D eigenvalue weighted by atomic mass is 16.5. The van der Waals surface area contributed by atoms with Gasteiger partial charge in [0.1, 0.15) is 11.5 Å². The number of nitrogens with one attached hydrogen (secondary N) is 2. The lowest BCUT2D eigenvalue weighted by atomic mass is 10.2. The summed E-state index contributed by atoms with van der Waals surface area (Å²) in [6, 6.07) is 22.1. The standard InChI is InChI=1S/C23H20N2O5/c1-16(26)30-21-12-5-7-17(13-21)23(28)25-19-9-6-8-18(14-19)24-22(27)15-29-20-10-3-2-4-11-20/h2-14H,15H2,1H3,(H,24,27)(H,25,28). The second kappa shape index (κ2) is 9.88. The molecule has 0 saturated heterocycles. The second-order valence-corrected chi connectivity index (χ2v) is 6.31. The maximum atomic E-state index is 12.5. The molecule has 0 fully saturated rings. The van der Waals surface area contributed by atoms with E-state index in [1.165, 1.54) is 13.0 Å². The van der Waals surface area contributed by atoms with E-state index in [1.54, 1.807) is 54.6 Å². The van der Waals surface area contributed by atoms with Gasteiger partial charge in [-0.3, -0.25) is 14.4 Å². The largest absolute Gasteiger partial charge is 0.484 e. The van der Waals surface area contributed by atoms with E-state index in [2.05, 4.69) is 10.6 Å². The van der Waals surface area contributed by atoms with Crippen molar-refractivity contribution in [2.45, 2.75) is 6.92 Å². The van der Waals surface area contributed by atoms with Crippen LogP contribution in [-0.4, -0.2) is 24.4 Å². The topological polar surface area (TPSA) is 93.7 Å². The van der Waals surface area contributed by atoms with Gasteiger partial charge in [-0.25, -0.2) is 0 Å². The van der Waals surface area contributed by atoms with Gasteiger partial charge in [0.25, 0.3) is 11.8 Å². The molecule has 0 aliphatic rings. The number of amides is 2. The summed E-state index contributed by atoms with van der Waals surface area (Å²) in [7, 11) is 0. The molecule has 0 bridgehead atoms. The molecule has 3 aromatic rings. The number of carbonyl (C=O) groups is 3. The first-order chi connectivity index (χ1) is 14.5. The molecule has 3 aromatic carbocycles. The van der Waals surface area contributed by atoms with Crippen molar-refractivity contribution in [3.8, 4) is 11.5 Å². The smallest absolute Gasteiger partial charge is 0.308 e. The number of ether oxygens (including phenoxy) is 2. The average molecular weight is 404 g/mol. The van der Waals surface area contributed by atoms with Crippen LogP contribution in [0.1, 0.15) is 17.3 Å². The maximum Gasteiger partial charge on any atom is 0.308 e. The van der Waals surface area contributed by atoms with Crippen LogP contribution in [0.5, 0.6) is 11.5 Å². The van der Waals surface area contributed by atoms with E-state index in [0.29, 0.717) is 22.7 Å². The summed E-state index contributed by atoms with van der Waals surface area (Å²) < 4.78 is 10.4. The van der Waals surface area contributed by atoms with E-state index >= 15 is 0 Å². The van der Waals surface area contributed by atoms with Gasteiger partial charge in [-0.2, -0.15) is 0 Å². The van der Waals surface area contributed by atoms with Gasteiger partial charge >= 0.3 is 5.97 Å². The molecule has 2 amide bonds. The van der Waals surface area contributed by atoms with E-state index in [-0.39, 0.29) is 24.2 Å². The molecule has 0 aromatic heterocycles. The molecular formula is C23H20N2O5. The summed E-state index contributed by atoms with van der Waals surface area (Å²) in [5, 5.41) is 5.47. The molecule has 2 N–H and O–H groups in total. The first-order valence-corrected chi connectivity index (χ1v) is 9.17. The molecule has 0 radical (unpaired) electrons. The van der Waals surface area contributed by atoms with Crippen molar-refractivity contribution in [1.29, 1.82) is 0 Å². The Balaban J connectivity index is 1.59. The number of hydrogen-bond donors (Lipinski definition) is 2. The Morgan fingerprint density at radius 1 is 0.767 bits per heavy atom. The van der Waals surface area contributed by atoms with Gasteiger partial charge in [0.15, 0.2) is 6.61 Å². The molecule has 7 nitrogen and oxygen atoms in total. The Morgan fingerprint density at radius 2 is 1.43 bits per heavy atom. The Hall–Kier alpha value is -4.13. The summed E-state index contributed by atoms with van der Waals surface area (Å²) in [4.78, 5) is 35.7. The van der Waals surface area contributed by atoms with Crippen LogP contribution in [0.15, 0.2) is 78.9 Å². The van der Waals surface area contributed by atoms with Crippen LogP contribution >= 0.6 is 0 Å². The fourth-order valence-electron chi connectivity index (χ4n) is 2.61. The molecule has 0 spiro atoms. The lowest BCUT2D eigenvalue weighted by molar-refractivity contribution is -0.131.